The first-order valence-corrected chi connectivity index (χ1v) is 6.52. The molecule has 1 aliphatic heterocycles. The van der Waals surface area contributed by atoms with Gasteiger partial charge < -0.3 is 15.3 Å². The van der Waals surface area contributed by atoms with Crippen molar-refractivity contribution in [1.29, 1.82) is 0 Å². The van der Waals surface area contributed by atoms with Crippen molar-refractivity contribution in [3.05, 3.63) is 0 Å². The summed E-state index contributed by atoms with van der Waals surface area (Å²) < 4.78 is 0. The van der Waals surface area contributed by atoms with E-state index in [4.69, 9.17) is 0 Å². The molecule has 2 N–H and O–H groups in total. The van der Waals surface area contributed by atoms with E-state index in [0.717, 1.165) is 0 Å². The number of carboxylic acid groups (broad SMARTS) is 1. The minimum atomic E-state index is -1.16. The molecular formula is C13H22N2O4. The second kappa shape index (κ2) is 5.59. The monoisotopic (exact) mass is 270 g/mol. The Bertz CT molecular complexity index is 394. The van der Waals surface area contributed by atoms with Gasteiger partial charge in [-0.3, -0.25) is 9.59 Å². The maximum absolute atomic E-state index is 12.5. The number of nitrogens with one attached hydrogen (secondary N) is 1. The van der Waals surface area contributed by atoms with E-state index in [2.05, 4.69) is 5.32 Å². The van der Waals surface area contributed by atoms with Crippen molar-refractivity contribution in [3.8, 4) is 0 Å². The summed E-state index contributed by atoms with van der Waals surface area (Å²) in [5.41, 5.74) is -1.16. The quantitative estimate of drug-likeness (QED) is 0.783. The van der Waals surface area contributed by atoms with Crippen LogP contribution < -0.4 is 5.32 Å². The van der Waals surface area contributed by atoms with E-state index in [0.29, 0.717) is 19.4 Å². The largest absolute Gasteiger partial charge is 0.480 e. The predicted octanol–water partition coefficient (Wildman–Crippen LogP) is 0.613. The van der Waals surface area contributed by atoms with Gasteiger partial charge >= 0.3 is 5.97 Å². The first kappa shape index (κ1) is 15.5. The Kier molecular flexibility index (Phi) is 4.55. The molecule has 0 radical (unpaired) electrons. The Balaban J connectivity index is 2.96. The maximum Gasteiger partial charge on any atom is 0.329 e. The minimum absolute atomic E-state index is 0.0879. The van der Waals surface area contributed by atoms with Gasteiger partial charge in [-0.15, -0.1) is 0 Å². The normalized spacial score (nSPS) is 24.4. The highest BCUT2D eigenvalue weighted by atomic mass is 16.4. The second-order valence-electron chi connectivity index (χ2n) is 5.59. The van der Waals surface area contributed by atoms with Crippen LogP contribution in [0.1, 0.15) is 40.5 Å². The zero-order chi connectivity index (χ0) is 14.8. The van der Waals surface area contributed by atoms with Gasteiger partial charge in [0.25, 0.3) is 0 Å². The first-order chi connectivity index (χ1) is 8.70. The Labute approximate surface area is 113 Å². The molecule has 0 aromatic heterocycles. The molecule has 0 aromatic carbocycles. The van der Waals surface area contributed by atoms with Crippen LogP contribution in [0.25, 0.3) is 0 Å². The molecule has 6 heteroatoms. The molecule has 108 valence electrons. The van der Waals surface area contributed by atoms with Crippen LogP contribution in [0.15, 0.2) is 0 Å². The number of rotatable bonds is 4. The summed E-state index contributed by atoms with van der Waals surface area (Å²) in [4.78, 5) is 36.4. The summed E-state index contributed by atoms with van der Waals surface area (Å²) in [7, 11) is 0. The fourth-order valence-corrected chi connectivity index (χ4v) is 2.44. The summed E-state index contributed by atoms with van der Waals surface area (Å²) in [6, 6.07) is -0.672. The number of carbonyl (C=O) groups excluding carboxylic acids is 2. The third kappa shape index (κ3) is 3.05. The third-order valence-corrected chi connectivity index (χ3v) is 3.66. The Morgan fingerprint density at radius 2 is 1.89 bits per heavy atom. The summed E-state index contributed by atoms with van der Waals surface area (Å²) >= 11 is 0. The molecule has 0 saturated carbocycles. The molecule has 1 aliphatic rings. The molecule has 0 aliphatic carbocycles. The molecule has 19 heavy (non-hydrogen) atoms. The Hall–Kier alpha value is -1.59. The van der Waals surface area contributed by atoms with E-state index in [-0.39, 0.29) is 17.7 Å². The average Bonchev–Trinajstić information content (AvgIpc) is 2.68. The fraction of sp³-hybridized carbons (Fsp3) is 0.769. The molecule has 6 nitrogen and oxygen atoms in total. The topological polar surface area (TPSA) is 86.7 Å². The summed E-state index contributed by atoms with van der Waals surface area (Å²) in [6.07, 6.45) is 1.11. The van der Waals surface area contributed by atoms with Gasteiger partial charge in [-0.05, 0) is 25.7 Å². The molecule has 1 rings (SSSR count). The van der Waals surface area contributed by atoms with E-state index in [9.17, 15) is 19.5 Å². The van der Waals surface area contributed by atoms with Crippen LogP contribution in [0.5, 0.6) is 0 Å². The number of nitrogens with zero attached hydrogens (tertiary/aromatic N) is 1. The molecule has 1 saturated heterocycles. The SMILES string of the molecule is CC(=O)NC(C(=O)N1CCCC1(C)C(=O)O)C(C)C. The number of amides is 2. The van der Waals surface area contributed by atoms with E-state index in [1.54, 1.807) is 6.92 Å². The first-order valence-electron chi connectivity index (χ1n) is 6.52. The lowest BCUT2D eigenvalue weighted by molar-refractivity contribution is -0.156. The number of carbonyl (C=O) groups is 3. The van der Waals surface area contributed by atoms with Gasteiger partial charge in [0.05, 0.1) is 0 Å². The van der Waals surface area contributed by atoms with Gasteiger partial charge in [0.2, 0.25) is 11.8 Å². The van der Waals surface area contributed by atoms with Gasteiger partial charge in [-0.2, -0.15) is 0 Å². The lowest BCUT2D eigenvalue weighted by Crippen LogP contribution is -2.58. The van der Waals surface area contributed by atoms with E-state index >= 15 is 0 Å². The van der Waals surface area contributed by atoms with Gasteiger partial charge in [-0.25, -0.2) is 4.79 Å². The number of aliphatic carboxylic acids is 1. The molecule has 0 aromatic rings. The molecule has 2 amide bonds. The van der Waals surface area contributed by atoms with Crippen molar-refractivity contribution in [2.24, 2.45) is 5.92 Å². The van der Waals surface area contributed by atoms with Crippen molar-refractivity contribution in [3.63, 3.8) is 0 Å². The number of likely N-dealkylation sites (tertiary alicyclic amines) is 1. The highest BCUT2D eigenvalue weighted by molar-refractivity contribution is 5.92. The second-order valence-corrected chi connectivity index (χ2v) is 5.59. The molecule has 1 fully saturated rings. The minimum Gasteiger partial charge on any atom is -0.480 e. The highest BCUT2D eigenvalue weighted by Gasteiger charge is 2.47. The Morgan fingerprint density at radius 1 is 1.32 bits per heavy atom. The van der Waals surface area contributed by atoms with Crippen molar-refractivity contribution in [2.45, 2.75) is 52.1 Å². The van der Waals surface area contributed by atoms with Crippen molar-refractivity contribution < 1.29 is 19.5 Å². The predicted molar refractivity (Wildman–Crippen MR) is 69.4 cm³/mol. The Morgan fingerprint density at radius 3 is 2.32 bits per heavy atom. The van der Waals surface area contributed by atoms with E-state index in [1.165, 1.54) is 11.8 Å². The smallest absolute Gasteiger partial charge is 0.329 e. The highest BCUT2D eigenvalue weighted by Crippen LogP contribution is 2.30. The molecule has 0 bridgehead atoms. The zero-order valence-corrected chi connectivity index (χ0v) is 11.9. The number of hydrogen-bond donors (Lipinski definition) is 2. The van der Waals surface area contributed by atoms with E-state index in [1.807, 2.05) is 13.8 Å². The van der Waals surface area contributed by atoms with Crippen molar-refractivity contribution in [2.75, 3.05) is 6.54 Å². The van der Waals surface area contributed by atoms with Gasteiger partial charge in [0, 0.05) is 13.5 Å². The standard InChI is InChI=1S/C13H22N2O4/c1-8(2)10(14-9(3)16)11(17)15-7-5-6-13(15,4)12(18)19/h8,10H,5-7H2,1-4H3,(H,14,16)(H,18,19). The third-order valence-electron chi connectivity index (χ3n) is 3.66. The lowest BCUT2D eigenvalue weighted by Gasteiger charge is -2.35. The zero-order valence-electron chi connectivity index (χ0n) is 11.9. The van der Waals surface area contributed by atoms with Gasteiger partial charge in [0.15, 0.2) is 0 Å². The lowest BCUT2D eigenvalue weighted by atomic mass is 9.96. The van der Waals surface area contributed by atoms with Crippen LogP contribution >= 0.6 is 0 Å². The van der Waals surface area contributed by atoms with Crippen LogP contribution in [0, 0.1) is 5.92 Å². The van der Waals surface area contributed by atoms with Crippen molar-refractivity contribution in [1.82, 2.24) is 10.2 Å². The average molecular weight is 270 g/mol. The van der Waals surface area contributed by atoms with Crippen molar-refractivity contribution >= 4 is 17.8 Å². The summed E-state index contributed by atoms with van der Waals surface area (Å²) in [6.45, 7) is 6.98. The molecular weight excluding hydrogens is 248 g/mol. The summed E-state index contributed by atoms with van der Waals surface area (Å²) in [5, 5.41) is 11.9. The summed E-state index contributed by atoms with van der Waals surface area (Å²) in [5.74, 6) is -1.69. The van der Waals surface area contributed by atoms with Gasteiger partial charge in [-0.1, -0.05) is 13.8 Å². The van der Waals surface area contributed by atoms with Crippen LogP contribution in [0.2, 0.25) is 0 Å². The number of hydrogen-bond acceptors (Lipinski definition) is 3. The molecule has 2 unspecified atom stereocenters. The number of carboxylic acids is 1. The van der Waals surface area contributed by atoms with Crippen LogP contribution in [0.3, 0.4) is 0 Å². The van der Waals surface area contributed by atoms with Crippen LogP contribution in [0.4, 0.5) is 0 Å². The molecule has 0 spiro atoms. The molecule has 1 heterocycles. The maximum atomic E-state index is 12.5. The fourth-order valence-electron chi connectivity index (χ4n) is 2.44. The van der Waals surface area contributed by atoms with Crippen LogP contribution in [-0.2, 0) is 14.4 Å². The molecule has 2 atom stereocenters. The van der Waals surface area contributed by atoms with Gasteiger partial charge in [0.1, 0.15) is 11.6 Å². The van der Waals surface area contributed by atoms with E-state index < -0.39 is 17.6 Å². The van der Waals surface area contributed by atoms with Crippen LogP contribution in [-0.4, -0.2) is 45.9 Å².